The maximum Gasteiger partial charge on any atom is 0.451 e. The van der Waals surface area contributed by atoms with Crippen LogP contribution in [0.5, 0.6) is 0 Å². The number of halogens is 3. The van der Waals surface area contributed by atoms with Crippen molar-refractivity contribution in [3.8, 4) is 0 Å². The van der Waals surface area contributed by atoms with Crippen LogP contribution >= 0.6 is 0 Å². The summed E-state index contributed by atoms with van der Waals surface area (Å²) in [4.78, 5) is 23.2. The van der Waals surface area contributed by atoms with Crippen molar-refractivity contribution in [2.75, 3.05) is 0 Å². The highest BCUT2D eigenvalue weighted by atomic mass is 19.4. The van der Waals surface area contributed by atoms with Crippen LogP contribution in [-0.4, -0.2) is 20.7 Å². The van der Waals surface area contributed by atoms with Gasteiger partial charge in [-0.3, -0.25) is 9.78 Å². The Morgan fingerprint density at radius 2 is 1.82 bits per heavy atom. The number of nitrogens with zero attached hydrogens (tertiary/aromatic N) is 3. The molecule has 0 saturated carbocycles. The van der Waals surface area contributed by atoms with Crippen molar-refractivity contribution in [2.24, 2.45) is 0 Å². The lowest BCUT2D eigenvalue weighted by Gasteiger charge is -2.15. The van der Waals surface area contributed by atoms with Crippen LogP contribution in [-0.2, 0) is 30.2 Å². The van der Waals surface area contributed by atoms with Gasteiger partial charge in [0, 0.05) is 35.8 Å². The molecule has 0 amide bonds. The van der Waals surface area contributed by atoms with Crippen LogP contribution in [0, 0.1) is 0 Å². The molecule has 0 radical (unpaired) electrons. The Labute approximate surface area is 161 Å². The summed E-state index contributed by atoms with van der Waals surface area (Å²) >= 11 is 0. The van der Waals surface area contributed by atoms with Gasteiger partial charge in [0.1, 0.15) is 0 Å². The fourth-order valence-corrected chi connectivity index (χ4v) is 3.21. The van der Waals surface area contributed by atoms with Crippen molar-refractivity contribution in [3.05, 3.63) is 58.9 Å². The number of carbonyl (C=O) groups excluding carboxylic acids is 1. The Kier molecular flexibility index (Phi) is 6.54. The number of unbranched alkanes of at least 4 members (excludes halogenated alkanes) is 1. The summed E-state index contributed by atoms with van der Waals surface area (Å²) in [7, 11) is 0. The SMILES string of the molecule is O=C(/C=C/c1cnc(C(F)(F)F)nc1)CCCCc1ccc2c(n1)CCCC2. The zero-order valence-electron chi connectivity index (χ0n) is 15.5. The minimum Gasteiger partial charge on any atom is -0.295 e. The van der Waals surface area contributed by atoms with Crippen molar-refractivity contribution in [1.82, 2.24) is 15.0 Å². The fourth-order valence-electron chi connectivity index (χ4n) is 3.21. The average Bonchev–Trinajstić information content (AvgIpc) is 2.69. The second-order valence-electron chi connectivity index (χ2n) is 6.96. The monoisotopic (exact) mass is 389 g/mol. The second kappa shape index (κ2) is 9.08. The number of aromatic nitrogens is 3. The summed E-state index contributed by atoms with van der Waals surface area (Å²) in [5.41, 5.74) is 4.02. The first kappa shape index (κ1) is 20.2. The van der Waals surface area contributed by atoms with Crippen LogP contribution in [0.1, 0.15) is 60.4 Å². The summed E-state index contributed by atoms with van der Waals surface area (Å²) in [6, 6.07) is 4.26. The van der Waals surface area contributed by atoms with E-state index in [2.05, 4.69) is 22.1 Å². The minimum atomic E-state index is -4.56. The Hall–Kier alpha value is -2.57. The molecule has 2 heterocycles. The lowest BCUT2D eigenvalue weighted by atomic mass is 9.95. The van der Waals surface area contributed by atoms with Crippen LogP contribution in [0.3, 0.4) is 0 Å². The molecular weight excluding hydrogens is 367 g/mol. The molecule has 0 fully saturated rings. The molecule has 0 N–H and O–H groups in total. The lowest BCUT2D eigenvalue weighted by Crippen LogP contribution is -2.10. The van der Waals surface area contributed by atoms with Gasteiger partial charge in [0.05, 0.1) is 0 Å². The molecule has 0 atom stereocenters. The van der Waals surface area contributed by atoms with Gasteiger partial charge in [0.25, 0.3) is 0 Å². The largest absolute Gasteiger partial charge is 0.451 e. The number of hydrogen-bond acceptors (Lipinski definition) is 4. The van der Waals surface area contributed by atoms with Gasteiger partial charge in [0.2, 0.25) is 5.82 Å². The molecule has 148 valence electrons. The van der Waals surface area contributed by atoms with E-state index in [1.165, 1.54) is 36.3 Å². The number of hydrogen-bond donors (Lipinski definition) is 0. The van der Waals surface area contributed by atoms with Crippen LogP contribution in [0.15, 0.2) is 30.6 Å². The van der Waals surface area contributed by atoms with Crippen molar-refractivity contribution in [1.29, 1.82) is 0 Å². The smallest absolute Gasteiger partial charge is 0.295 e. The first-order valence-electron chi connectivity index (χ1n) is 9.49. The molecule has 0 aromatic carbocycles. The highest BCUT2D eigenvalue weighted by molar-refractivity contribution is 5.93. The Morgan fingerprint density at radius 1 is 1.07 bits per heavy atom. The molecule has 3 rings (SSSR count). The number of allylic oxidation sites excluding steroid dienone is 1. The van der Waals surface area contributed by atoms with Gasteiger partial charge in [-0.15, -0.1) is 0 Å². The third kappa shape index (κ3) is 5.71. The quantitative estimate of drug-likeness (QED) is 0.506. The molecule has 1 aliphatic rings. The van der Waals surface area contributed by atoms with E-state index in [4.69, 9.17) is 4.98 Å². The first-order valence-corrected chi connectivity index (χ1v) is 9.49. The molecule has 2 aromatic rings. The van der Waals surface area contributed by atoms with Crippen LogP contribution in [0.2, 0.25) is 0 Å². The molecule has 0 spiro atoms. The summed E-state index contributed by atoms with van der Waals surface area (Å²) in [6.07, 6.45) is 7.81. The Morgan fingerprint density at radius 3 is 2.57 bits per heavy atom. The van der Waals surface area contributed by atoms with E-state index in [0.717, 1.165) is 50.2 Å². The molecule has 7 heteroatoms. The highest BCUT2D eigenvalue weighted by Gasteiger charge is 2.34. The molecule has 1 aliphatic carbocycles. The highest BCUT2D eigenvalue weighted by Crippen LogP contribution is 2.25. The van der Waals surface area contributed by atoms with Crippen molar-refractivity contribution < 1.29 is 18.0 Å². The van der Waals surface area contributed by atoms with E-state index < -0.39 is 12.0 Å². The van der Waals surface area contributed by atoms with Gasteiger partial charge in [-0.05, 0) is 68.7 Å². The van der Waals surface area contributed by atoms with Crippen molar-refractivity contribution >= 4 is 11.9 Å². The van der Waals surface area contributed by atoms with Gasteiger partial charge < -0.3 is 0 Å². The van der Waals surface area contributed by atoms with E-state index in [-0.39, 0.29) is 5.78 Å². The van der Waals surface area contributed by atoms with E-state index in [1.807, 2.05) is 0 Å². The van der Waals surface area contributed by atoms with Gasteiger partial charge in [0.15, 0.2) is 5.78 Å². The number of pyridine rings is 1. The third-order valence-electron chi connectivity index (χ3n) is 4.73. The summed E-state index contributed by atoms with van der Waals surface area (Å²) < 4.78 is 37.2. The zero-order valence-corrected chi connectivity index (χ0v) is 15.5. The van der Waals surface area contributed by atoms with E-state index >= 15 is 0 Å². The molecule has 0 unspecified atom stereocenters. The second-order valence-corrected chi connectivity index (χ2v) is 6.96. The van der Waals surface area contributed by atoms with Gasteiger partial charge in [-0.2, -0.15) is 13.2 Å². The average molecular weight is 389 g/mol. The topological polar surface area (TPSA) is 55.7 Å². The molecule has 2 aromatic heterocycles. The number of rotatable bonds is 7. The summed E-state index contributed by atoms with van der Waals surface area (Å²) in [5.74, 6) is -1.26. The van der Waals surface area contributed by atoms with Gasteiger partial charge >= 0.3 is 6.18 Å². The number of fused-ring (bicyclic) bond motifs is 1. The molecule has 0 saturated heterocycles. The van der Waals surface area contributed by atoms with Crippen LogP contribution < -0.4 is 0 Å². The number of carbonyl (C=O) groups is 1. The normalized spacial score (nSPS) is 14.2. The van der Waals surface area contributed by atoms with E-state index in [1.54, 1.807) is 0 Å². The number of alkyl halides is 3. The predicted octanol–water partition coefficient (Wildman–Crippen LogP) is 4.76. The Balaban J connectivity index is 1.41. The van der Waals surface area contributed by atoms with Gasteiger partial charge in [-0.1, -0.05) is 6.07 Å². The minimum absolute atomic E-state index is 0.0710. The standard InChI is InChI=1S/C21H22F3N3O/c22-21(23,24)20-25-13-15(14-26-20)9-12-18(28)7-3-2-6-17-11-10-16-5-1-4-8-19(16)27-17/h9-14H,1-8H2/b12-9+. The molecule has 0 bridgehead atoms. The molecular formula is C21H22F3N3O. The summed E-state index contributed by atoms with van der Waals surface area (Å²) in [6.45, 7) is 0. The lowest BCUT2D eigenvalue weighted by molar-refractivity contribution is -0.145. The van der Waals surface area contributed by atoms with Gasteiger partial charge in [-0.25, -0.2) is 9.97 Å². The summed E-state index contributed by atoms with van der Waals surface area (Å²) in [5, 5.41) is 0. The zero-order chi connectivity index (χ0) is 20.0. The van der Waals surface area contributed by atoms with Crippen molar-refractivity contribution in [3.63, 3.8) is 0 Å². The molecule has 28 heavy (non-hydrogen) atoms. The number of aryl methyl sites for hydroxylation is 3. The maximum absolute atomic E-state index is 12.4. The molecule has 0 aliphatic heterocycles. The van der Waals surface area contributed by atoms with E-state index in [9.17, 15) is 18.0 Å². The maximum atomic E-state index is 12.4. The van der Waals surface area contributed by atoms with Crippen LogP contribution in [0.25, 0.3) is 6.08 Å². The van der Waals surface area contributed by atoms with E-state index in [0.29, 0.717) is 12.0 Å². The van der Waals surface area contributed by atoms with Crippen molar-refractivity contribution in [2.45, 2.75) is 57.5 Å². The van der Waals surface area contributed by atoms with Crippen LogP contribution in [0.4, 0.5) is 13.2 Å². The third-order valence-corrected chi connectivity index (χ3v) is 4.73. The number of ketones is 1. The molecule has 4 nitrogen and oxygen atoms in total. The fraction of sp³-hybridized carbons (Fsp3) is 0.429. The Bertz CT molecular complexity index is 845. The first-order chi connectivity index (χ1) is 13.4. The predicted molar refractivity (Wildman–Crippen MR) is 99.5 cm³/mol.